The Morgan fingerprint density at radius 1 is 0.949 bits per heavy atom. The summed E-state index contributed by atoms with van der Waals surface area (Å²) < 4.78 is 36.1. The second kappa shape index (κ2) is 10.3. The van der Waals surface area contributed by atoms with Crippen molar-refractivity contribution in [2.45, 2.75) is 6.04 Å². The maximum Gasteiger partial charge on any atom is 0.301 e. The summed E-state index contributed by atoms with van der Waals surface area (Å²) >= 11 is 1.05. The van der Waals surface area contributed by atoms with E-state index in [9.17, 15) is 19.1 Å². The van der Waals surface area contributed by atoms with E-state index in [0.717, 1.165) is 11.3 Å². The first-order valence-electron chi connectivity index (χ1n) is 11.6. The smallest absolute Gasteiger partial charge is 0.301 e. The number of carbonyl (C=O) groups is 2. The molecule has 4 aromatic rings. The van der Waals surface area contributed by atoms with E-state index in [1.807, 2.05) is 0 Å². The fourth-order valence-corrected chi connectivity index (χ4v) is 5.54. The number of hydrogen-bond donors (Lipinski definition) is 1. The monoisotopic (exact) mass is 550 g/mol. The lowest BCUT2D eigenvalue weighted by Crippen LogP contribution is -2.29. The zero-order valence-electron chi connectivity index (χ0n) is 21.4. The number of ketones is 1. The van der Waals surface area contributed by atoms with Gasteiger partial charge in [0.15, 0.2) is 16.6 Å². The van der Waals surface area contributed by atoms with Crippen LogP contribution in [0.3, 0.4) is 0 Å². The molecule has 11 heteroatoms. The lowest BCUT2D eigenvalue weighted by Gasteiger charge is -2.24. The molecule has 0 saturated carbocycles. The Bertz CT molecular complexity index is 1620. The van der Waals surface area contributed by atoms with Gasteiger partial charge in [-0.2, -0.15) is 0 Å². The summed E-state index contributed by atoms with van der Waals surface area (Å²) in [6.45, 7) is 0. The first-order chi connectivity index (χ1) is 18.8. The number of fused-ring (bicyclic) bond motifs is 1. The largest absolute Gasteiger partial charge is 0.507 e. The van der Waals surface area contributed by atoms with E-state index in [1.54, 1.807) is 36.4 Å². The Morgan fingerprint density at radius 3 is 2.31 bits per heavy atom. The van der Waals surface area contributed by atoms with Crippen molar-refractivity contribution in [3.63, 3.8) is 0 Å². The van der Waals surface area contributed by atoms with E-state index in [2.05, 4.69) is 4.98 Å². The van der Waals surface area contributed by atoms with Crippen molar-refractivity contribution < 1.29 is 38.0 Å². The number of carbonyl (C=O) groups excluding carboxylic acids is 2. The minimum atomic E-state index is -1.13. The number of nitrogens with zero attached hydrogens (tertiary/aromatic N) is 2. The fourth-order valence-electron chi connectivity index (χ4n) is 4.52. The van der Waals surface area contributed by atoms with Crippen molar-refractivity contribution in [3.8, 4) is 23.0 Å². The van der Waals surface area contributed by atoms with Crippen LogP contribution < -0.4 is 23.8 Å². The van der Waals surface area contributed by atoms with Gasteiger partial charge in [-0.1, -0.05) is 23.5 Å². The number of methoxy groups -OCH3 is 4. The van der Waals surface area contributed by atoms with Crippen molar-refractivity contribution in [2.24, 2.45) is 0 Å². The molecule has 39 heavy (non-hydrogen) atoms. The maximum absolute atomic E-state index is 13.9. The lowest BCUT2D eigenvalue weighted by molar-refractivity contribution is -0.132. The molecule has 200 valence electrons. The number of aromatic nitrogens is 1. The van der Waals surface area contributed by atoms with Gasteiger partial charge < -0.3 is 24.1 Å². The average molecular weight is 551 g/mol. The van der Waals surface area contributed by atoms with E-state index in [0.29, 0.717) is 27.3 Å². The third kappa shape index (κ3) is 4.40. The number of halogens is 1. The minimum absolute atomic E-state index is 0.154. The Kier molecular flexibility index (Phi) is 6.83. The molecule has 1 aliphatic heterocycles. The van der Waals surface area contributed by atoms with Crippen LogP contribution in [0, 0.1) is 5.82 Å². The molecule has 0 bridgehead atoms. The highest BCUT2D eigenvalue weighted by atomic mass is 32.1. The van der Waals surface area contributed by atoms with Crippen LogP contribution in [0.25, 0.3) is 16.0 Å². The summed E-state index contributed by atoms with van der Waals surface area (Å²) in [7, 11) is 5.81. The zero-order chi connectivity index (χ0) is 27.8. The van der Waals surface area contributed by atoms with Crippen LogP contribution in [0.15, 0.2) is 60.2 Å². The molecule has 1 unspecified atom stereocenters. The normalized spacial score (nSPS) is 16.5. The summed E-state index contributed by atoms with van der Waals surface area (Å²) in [4.78, 5) is 32.8. The standard InChI is InChI=1S/C28H23FN2O7S/c1-35-17-7-5-6-14(10-17)24(32)22-23(15-11-19(36-2)26(38-4)20(12-15)37-3)31(27(34)25(22)33)28-30-18-9-8-16(29)13-21(18)39-28/h5-13,23,32H,1-4H3. The van der Waals surface area contributed by atoms with Gasteiger partial charge in [0.2, 0.25) is 5.75 Å². The number of hydrogen-bond acceptors (Lipinski definition) is 9. The summed E-state index contributed by atoms with van der Waals surface area (Å²) in [5.41, 5.74) is 0.942. The Hall–Kier alpha value is -4.64. The molecule has 1 atom stereocenters. The van der Waals surface area contributed by atoms with Crippen molar-refractivity contribution in [1.29, 1.82) is 0 Å². The van der Waals surface area contributed by atoms with Gasteiger partial charge in [0, 0.05) is 5.56 Å². The van der Waals surface area contributed by atoms with Gasteiger partial charge in [-0.3, -0.25) is 14.5 Å². The first kappa shape index (κ1) is 26.0. The number of Topliss-reactive ketones (excluding diaryl/α,β-unsaturated/α-hetero) is 1. The van der Waals surface area contributed by atoms with Gasteiger partial charge in [-0.15, -0.1) is 0 Å². The van der Waals surface area contributed by atoms with E-state index >= 15 is 0 Å². The summed E-state index contributed by atoms with van der Waals surface area (Å²) in [5.74, 6) is -1.36. The van der Waals surface area contributed by atoms with Crippen LogP contribution in [0.2, 0.25) is 0 Å². The predicted molar refractivity (Wildman–Crippen MR) is 143 cm³/mol. The molecule has 1 aromatic heterocycles. The van der Waals surface area contributed by atoms with Gasteiger partial charge >= 0.3 is 5.91 Å². The van der Waals surface area contributed by atoms with Crippen LogP contribution in [-0.4, -0.2) is 50.2 Å². The summed E-state index contributed by atoms with van der Waals surface area (Å²) in [6, 6.07) is 12.6. The van der Waals surface area contributed by atoms with E-state index in [-0.39, 0.29) is 27.8 Å². The molecule has 1 amide bonds. The number of benzene rings is 3. The van der Waals surface area contributed by atoms with Gasteiger partial charge in [-0.05, 0) is 48.0 Å². The SMILES string of the molecule is COc1cccc(C(O)=C2C(=O)C(=O)N(c3nc4ccc(F)cc4s3)C2c2cc(OC)c(OC)c(OC)c2)c1. The van der Waals surface area contributed by atoms with E-state index < -0.39 is 29.3 Å². The number of ether oxygens (including phenoxy) is 4. The first-order valence-corrected chi connectivity index (χ1v) is 12.4. The Balaban J connectivity index is 1.79. The molecular formula is C28H23FN2O7S. The van der Waals surface area contributed by atoms with Crippen LogP contribution in [0.4, 0.5) is 9.52 Å². The summed E-state index contributed by atoms with van der Waals surface area (Å²) in [5, 5.41) is 11.6. The number of anilines is 1. The molecule has 1 fully saturated rings. The third-order valence-electron chi connectivity index (χ3n) is 6.34. The van der Waals surface area contributed by atoms with Crippen LogP contribution in [0.5, 0.6) is 23.0 Å². The number of thiazole rings is 1. The molecule has 2 heterocycles. The van der Waals surface area contributed by atoms with Gasteiger partial charge in [0.1, 0.15) is 17.3 Å². The van der Waals surface area contributed by atoms with Crippen molar-refractivity contribution in [3.05, 3.63) is 77.1 Å². The highest BCUT2D eigenvalue weighted by Gasteiger charge is 2.48. The average Bonchev–Trinajstić information content (AvgIpc) is 3.48. The van der Waals surface area contributed by atoms with Crippen LogP contribution >= 0.6 is 11.3 Å². The predicted octanol–water partition coefficient (Wildman–Crippen LogP) is 5.10. The molecule has 1 aliphatic rings. The molecule has 5 rings (SSSR count). The Labute approximate surface area is 226 Å². The van der Waals surface area contributed by atoms with Crippen molar-refractivity contribution >= 4 is 44.1 Å². The van der Waals surface area contributed by atoms with E-state index in [4.69, 9.17) is 18.9 Å². The highest BCUT2D eigenvalue weighted by molar-refractivity contribution is 7.22. The fraction of sp³-hybridized carbons (Fsp3) is 0.179. The molecule has 3 aromatic carbocycles. The number of amides is 1. The van der Waals surface area contributed by atoms with Crippen LogP contribution in [0.1, 0.15) is 17.2 Å². The van der Waals surface area contributed by atoms with Gasteiger partial charge in [0.05, 0.1) is 50.3 Å². The highest BCUT2D eigenvalue weighted by Crippen LogP contribution is 2.48. The molecule has 0 spiro atoms. The van der Waals surface area contributed by atoms with Gasteiger partial charge in [0.25, 0.3) is 5.78 Å². The molecule has 0 radical (unpaired) electrons. The third-order valence-corrected chi connectivity index (χ3v) is 7.35. The topological polar surface area (TPSA) is 107 Å². The molecule has 0 aliphatic carbocycles. The quantitative estimate of drug-likeness (QED) is 0.193. The molecular weight excluding hydrogens is 527 g/mol. The Morgan fingerprint density at radius 2 is 1.67 bits per heavy atom. The molecule has 9 nitrogen and oxygen atoms in total. The minimum Gasteiger partial charge on any atom is -0.507 e. The van der Waals surface area contributed by atoms with E-state index in [1.165, 1.54) is 51.5 Å². The summed E-state index contributed by atoms with van der Waals surface area (Å²) in [6.07, 6.45) is 0. The number of aliphatic hydroxyl groups is 1. The van der Waals surface area contributed by atoms with Crippen molar-refractivity contribution in [2.75, 3.05) is 33.3 Å². The van der Waals surface area contributed by atoms with Crippen molar-refractivity contribution in [1.82, 2.24) is 4.98 Å². The van der Waals surface area contributed by atoms with Gasteiger partial charge in [-0.25, -0.2) is 9.37 Å². The second-order valence-electron chi connectivity index (χ2n) is 8.47. The maximum atomic E-state index is 13.9. The number of aliphatic hydroxyl groups excluding tert-OH is 1. The number of rotatable bonds is 7. The zero-order valence-corrected chi connectivity index (χ0v) is 22.2. The molecule has 1 saturated heterocycles. The molecule has 1 N–H and O–H groups in total. The lowest BCUT2D eigenvalue weighted by atomic mass is 9.94. The second-order valence-corrected chi connectivity index (χ2v) is 9.48. The van der Waals surface area contributed by atoms with Crippen LogP contribution in [-0.2, 0) is 9.59 Å².